The van der Waals surface area contributed by atoms with Gasteiger partial charge in [0.1, 0.15) is 0 Å². The quantitative estimate of drug-likeness (QED) is 0.510. The van der Waals surface area contributed by atoms with Crippen molar-refractivity contribution in [3.05, 3.63) is 0 Å². The topological polar surface area (TPSA) is 66.6 Å². The summed E-state index contributed by atoms with van der Waals surface area (Å²) < 4.78 is 0. The van der Waals surface area contributed by atoms with E-state index < -0.39 is 6.04 Å². The fourth-order valence-corrected chi connectivity index (χ4v) is 1.23. The van der Waals surface area contributed by atoms with Crippen LogP contribution in [0, 0.1) is 0 Å². The Labute approximate surface area is 66.0 Å². The molecule has 0 saturated carbocycles. The third-order valence-corrected chi connectivity index (χ3v) is 1.86. The first-order chi connectivity index (χ1) is 5.11. The van der Waals surface area contributed by atoms with E-state index in [1.54, 1.807) is 11.8 Å². The van der Waals surface area contributed by atoms with E-state index >= 15 is 0 Å². The Kier molecular flexibility index (Phi) is 2.46. The van der Waals surface area contributed by atoms with Gasteiger partial charge in [0.2, 0.25) is 5.91 Å². The van der Waals surface area contributed by atoms with Gasteiger partial charge in [0.05, 0.1) is 12.1 Å². The van der Waals surface area contributed by atoms with Gasteiger partial charge in [-0.15, -0.1) is 0 Å². The van der Waals surface area contributed by atoms with Crippen molar-refractivity contribution in [1.29, 1.82) is 0 Å². The smallest absolute Gasteiger partial charge is 0.239 e. The van der Waals surface area contributed by atoms with Crippen LogP contribution in [-0.2, 0) is 4.79 Å². The largest absolute Gasteiger partial charge is 0.391 e. The van der Waals surface area contributed by atoms with Crippen molar-refractivity contribution < 1.29 is 9.90 Å². The van der Waals surface area contributed by atoms with Crippen LogP contribution in [0.2, 0.25) is 0 Å². The van der Waals surface area contributed by atoms with Crippen LogP contribution in [0.15, 0.2) is 0 Å². The first-order valence-corrected chi connectivity index (χ1v) is 3.83. The van der Waals surface area contributed by atoms with Gasteiger partial charge in [0.15, 0.2) is 0 Å². The van der Waals surface area contributed by atoms with Gasteiger partial charge in [-0.25, -0.2) is 0 Å². The van der Waals surface area contributed by atoms with Crippen molar-refractivity contribution in [2.45, 2.75) is 25.5 Å². The number of amides is 1. The molecule has 0 aliphatic carbocycles. The van der Waals surface area contributed by atoms with Crippen molar-refractivity contribution in [1.82, 2.24) is 4.90 Å². The lowest BCUT2D eigenvalue weighted by molar-refractivity contribution is -0.131. The van der Waals surface area contributed by atoms with Crippen LogP contribution in [0.1, 0.15) is 13.3 Å². The molecule has 11 heavy (non-hydrogen) atoms. The summed E-state index contributed by atoms with van der Waals surface area (Å²) in [5, 5.41) is 9.10. The number of hydrogen-bond acceptors (Lipinski definition) is 3. The molecule has 0 aromatic rings. The highest BCUT2D eigenvalue weighted by Gasteiger charge is 2.25. The van der Waals surface area contributed by atoms with E-state index in [2.05, 4.69) is 0 Å². The molecule has 1 rings (SSSR count). The van der Waals surface area contributed by atoms with Crippen molar-refractivity contribution in [3.63, 3.8) is 0 Å². The Morgan fingerprint density at radius 1 is 1.82 bits per heavy atom. The average molecular weight is 158 g/mol. The van der Waals surface area contributed by atoms with Crippen molar-refractivity contribution in [3.8, 4) is 0 Å². The van der Waals surface area contributed by atoms with Gasteiger partial charge in [-0.1, -0.05) is 0 Å². The average Bonchev–Trinajstić information content (AvgIpc) is 2.34. The predicted molar refractivity (Wildman–Crippen MR) is 40.9 cm³/mol. The summed E-state index contributed by atoms with van der Waals surface area (Å²) in [6.07, 6.45) is 0.330. The maximum atomic E-state index is 11.2. The van der Waals surface area contributed by atoms with Crippen LogP contribution in [0.5, 0.6) is 0 Å². The highest BCUT2D eigenvalue weighted by Crippen LogP contribution is 2.09. The number of hydrogen-bond donors (Lipinski definition) is 2. The molecule has 1 saturated heterocycles. The second-order valence-electron chi connectivity index (χ2n) is 3.02. The third kappa shape index (κ3) is 1.91. The molecule has 0 bridgehead atoms. The molecule has 0 spiro atoms. The number of aliphatic hydroxyl groups excluding tert-OH is 1. The Balaban J connectivity index is 2.43. The molecule has 0 aromatic heterocycles. The monoisotopic (exact) mass is 158 g/mol. The summed E-state index contributed by atoms with van der Waals surface area (Å²) in [5.74, 6) is -0.0680. The molecular weight excluding hydrogens is 144 g/mol. The summed E-state index contributed by atoms with van der Waals surface area (Å²) in [7, 11) is 0. The minimum Gasteiger partial charge on any atom is -0.391 e. The van der Waals surface area contributed by atoms with Gasteiger partial charge >= 0.3 is 0 Å². The van der Waals surface area contributed by atoms with Gasteiger partial charge in [-0.2, -0.15) is 0 Å². The summed E-state index contributed by atoms with van der Waals surface area (Å²) in [4.78, 5) is 12.8. The molecule has 4 nitrogen and oxygen atoms in total. The maximum Gasteiger partial charge on any atom is 0.239 e. The standard InChI is InChI=1S/C7H14N2O2/c1-5(8)7(11)9-3-2-6(10)4-9/h5-6,10H,2-4,8H2,1H3/t5?,6-/m0/s1. The van der Waals surface area contributed by atoms with Crippen LogP contribution in [0.3, 0.4) is 0 Å². The second kappa shape index (κ2) is 3.19. The van der Waals surface area contributed by atoms with Gasteiger partial charge in [-0.05, 0) is 13.3 Å². The lowest BCUT2D eigenvalue weighted by atomic mass is 10.3. The zero-order valence-electron chi connectivity index (χ0n) is 6.66. The molecule has 2 atom stereocenters. The lowest BCUT2D eigenvalue weighted by Crippen LogP contribution is -2.41. The van der Waals surface area contributed by atoms with E-state index in [1.807, 2.05) is 0 Å². The highest BCUT2D eigenvalue weighted by molar-refractivity contribution is 5.81. The molecular formula is C7H14N2O2. The number of nitrogens with two attached hydrogens (primary N) is 1. The third-order valence-electron chi connectivity index (χ3n) is 1.86. The summed E-state index contributed by atoms with van der Waals surface area (Å²) in [5.41, 5.74) is 5.39. The SMILES string of the molecule is CC(N)C(=O)N1CC[C@H](O)C1. The zero-order valence-corrected chi connectivity index (χ0v) is 6.66. The number of likely N-dealkylation sites (tertiary alicyclic amines) is 1. The number of carbonyl (C=O) groups is 1. The van der Waals surface area contributed by atoms with E-state index in [0.29, 0.717) is 19.5 Å². The van der Waals surface area contributed by atoms with Crippen LogP contribution < -0.4 is 5.73 Å². The predicted octanol–water partition coefficient (Wildman–Crippen LogP) is -1.07. The number of rotatable bonds is 1. The van der Waals surface area contributed by atoms with Crippen LogP contribution in [0.25, 0.3) is 0 Å². The molecule has 4 heteroatoms. The Morgan fingerprint density at radius 3 is 2.82 bits per heavy atom. The first kappa shape index (κ1) is 8.49. The number of β-amino-alcohol motifs (C(OH)–C–C–N with tert-alkyl or cyclic N) is 1. The van der Waals surface area contributed by atoms with Gasteiger partial charge in [0, 0.05) is 13.1 Å². The Hall–Kier alpha value is -0.610. The van der Waals surface area contributed by atoms with E-state index in [9.17, 15) is 4.79 Å². The fraction of sp³-hybridized carbons (Fsp3) is 0.857. The molecule has 1 fully saturated rings. The molecule has 3 N–H and O–H groups in total. The van der Waals surface area contributed by atoms with Crippen LogP contribution in [-0.4, -0.2) is 41.1 Å². The van der Waals surface area contributed by atoms with E-state index in [-0.39, 0.29) is 12.0 Å². The minimum absolute atomic E-state index is 0.0680. The number of carbonyl (C=O) groups excluding carboxylic acids is 1. The van der Waals surface area contributed by atoms with Gasteiger partial charge < -0.3 is 15.7 Å². The molecule has 1 amide bonds. The molecule has 1 aliphatic rings. The Morgan fingerprint density at radius 2 is 2.45 bits per heavy atom. The van der Waals surface area contributed by atoms with Crippen molar-refractivity contribution >= 4 is 5.91 Å². The normalized spacial score (nSPS) is 27.2. The number of aliphatic hydroxyl groups is 1. The molecule has 1 heterocycles. The Bertz CT molecular complexity index is 159. The lowest BCUT2D eigenvalue weighted by Gasteiger charge is -2.17. The van der Waals surface area contributed by atoms with Gasteiger partial charge in [0.25, 0.3) is 0 Å². The number of nitrogens with zero attached hydrogens (tertiary/aromatic N) is 1. The fourth-order valence-electron chi connectivity index (χ4n) is 1.23. The van der Waals surface area contributed by atoms with Crippen LogP contribution in [0.4, 0.5) is 0 Å². The second-order valence-corrected chi connectivity index (χ2v) is 3.02. The molecule has 64 valence electrons. The minimum atomic E-state index is -0.444. The van der Waals surface area contributed by atoms with E-state index in [4.69, 9.17) is 10.8 Å². The van der Waals surface area contributed by atoms with Gasteiger partial charge in [-0.3, -0.25) is 4.79 Å². The summed E-state index contributed by atoms with van der Waals surface area (Å²) >= 11 is 0. The summed E-state index contributed by atoms with van der Waals surface area (Å²) in [6.45, 7) is 2.74. The summed E-state index contributed by atoms with van der Waals surface area (Å²) in [6, 6.07) is -0.444. The van der Waals surface area contributed by atoms with Crippen LogP contribution >= 0.6 is 0 Å². The highest BCUT2D eigenvalue weighted by atomic mass is 16.3. The van der Waals surface area contributed by atoms with E-state index in [1.165, 1.54) is 0 Å². The molecule has 1 aliphatic heterocycles. The molecule has 1 unspecified atom stereocenters. The van der Waals surface area contributed by atoms with Crippen molar-refractivity contribution in [2.75, 3.05) is 13.1 Å². The molecule has 0 radical (unpaired) electrons. The van der Waals surface area contributed by atoms with E-state index in [0.717, 1.165) is 0 Å². The zero-order chi connectivity index (χ0) is 8.43. The molecule has 0 aromatic carbocycles. The first-order valence-electron chi connectivity index (χ1n) is 3.83. The van der Waals surface area contributed by atoms with Crippen molar-refractivity contribution in [2.24, 2.45) is 5.73 Å². The maximum absolute atomic E-state index is 11.2.